The smallest absolute Gasteiger partial charge is 0.271 e. The van der Waals surface area contributed by atoms with E-state index < -0.39 is 6.10 Å². The molecule has 1 amide bonds. The van der Waals surface area contributed by atoms with E-state index >= 15 is 0 Å². The lowest BCUT2D eigenvalue weighted by atomic mass is 9.89. The summed E-state index contributed by atoms with van der Waals surface area (Å²) >= 11 is 0. The first kappa shape index (κ1) is 24.4. The average molecular weight is 517 g/mol. The molecule has 2 heterocycles. The van der Waals surface area contributed by atoms with Crippen LogP contribution in [0.4, 0.5) is 5.69 Å². The normalized spacial score (nSPS) is 16.5. The van der Waals surface area contributed by atoms with E-state index in [-0.39, 0.29) is 11.9 Å². The number of carbonyl (C=O) groups is 1. The van der Waals surface area contributed by atoms with Crippen molar-refractivity contribution in [3.05, 3.63) is 138 Å². The summed E-state index contributed by atoms with van der Waals surface area (Å²) in [6.07, 6.45) is 1.30. The summed E-state index contributed by atoms with van der Waals surface area (Å²) in [6.45, 7) is 3.01. The van der Waals surface area contributed by atoms with Crippen molar-refractivity contribution in [1.82, 2.24) is 15.0 Å². The third kappa shape index (κ3) is 5.38. The molecule has 7 heteroatoms. The Morgan fingerprint density at radius 2 is 1.49 bits per heavy atom. The number of carbonyl (C=O) groups excluding carboxylic acids is 1. The van der Waals surface area contributed by atoms with Crippen molar-refractivity contribution in [1.29, 1.82) is 0 Å². The monoisotopic (exact) mass is 516 g/mol. The van der Waals surface area contributed by atoms with Gasteiger partial charge in [-0.3, -0.25) is 9.69 Å². The molecule has 0 bridgehead atoms. The molecule has 0 N–H and O–H groups in total. The fourth-order valence-corrected chi connectivity index (χ4v) is 4.71. The third-order valence-corrected chi connectivity index (χ3v) is 6.75. The van der Waals surface area contributed by atoms with Gasteiger partial charge in [-0.15, -0.1) is 5.10 Å². The molecule has 5 aromatic rings. The van der Waals surface area contributed by atoms with Crippen LogP contribution in [0, 0.1) is 6.92 Å². The molecule has 0 spiro atoms. The number of rotatable bonds is 9. The van der Waals surface area contributed by atoms with E-state index in [1.54, 1.807) is 9.58 Å². The highest BCUT2D eigenvalue weighted by Gasteiger charge is 2.51. The van der Waals surface area contributed by atoms with Crippen LogP contribution in [0.3, 0.4) is 0 Å². The predicted octanol–water partition coefficient (Wildman–Crippen LogP) is 5.75. The second-order valence-electron chi connectivity index (χ2n) is 9.59. The van der Waals surface area contributed by atoms with Gasteiger partial charge in [0.15, 0.2) is 0 Å². The molecule has 0 radical (unpaired) electrons. The Morgan fingerprint density at radius 1 is 0.795 bits per heavy atom. The average Bonchev–Trinajstić information content (AvgIpc) is 3.43. The molecule has 0 saturated carbocycles. The number of hydrogen-bond acceptors (Lipinski definition) is 5. The molecule has 1 aliphatic rings. The minimum atomic E-state index is -0.593. The number of nitrogens with zero attached hydrogens (tertiary/aromatic N) is 4. The van der Waals surface area contributed by atoms with E-state index in [0.29, 0.717) is 24.7 Å². The highest BCUT2D eigenvalue weighted by atomic mass is 16.5. The molecule has 1 aromatic heterocycles. The molecule has 1 saturated heterocycles. The van der Waals surface area contributed by atoms with Crippen LogP contribution in [-0.2, 0) is 17.9 Å². The van der Waals surface area contributed by atoms with Crippen LogP contribution in [0.2, 0.25) is 0 Å². The molecular formula is C32H28N4O3. The van der Waals surface area contributed by atoms with Gasteiger partial charge in [-0.2, -0.15) is 0 Å². The molecule has 1 aliphatic heterocycles. The fourth-order valence-electron chi connectivity index (χ4n) is 4.71. The van der Waals surface area contributed by atoms with Crippen LogP contribution < -0.4 is 14.4 Å². The van der Waals surface area contributed by atoms with Crippen molar-refractivity contribution in [2.75, 3.05) is 4.90 Å². The number of aryl methyl sites for hydroxylation is 1. The zero-order valence-corrected chi connectivity index (χ0v) is 21.6. The molecule has 4 aromatic carbocycles. The number of para-hydroxylation sites is 1. The highest BCUT2D eigenvalue weighted by molar-refractivity contribution is 6.05. The molecule has 2 unspecified atom stereocenters. The van der Waals surface area contributed by atoms with E-state index in [1.165, 1.54) is 0 Å². The number of amides is 1. The number of ether oxygens (including phenoxy) is 2. The minimum absolute atomic E-state index is 0.0758. The maximum Gasteiger partial charge on any atom is 0.271 e. The lowest BCUT2D eigenvalue weighted by Crippen LogP contribution is -2.61. The van der Waals surface area contributed by atoms with E-state index in [9.17, 15) is 4.79 Å². The second-order valence-corrected chi connectivity index (χ2v) is 9.59. The third-order valence-electron chi connectivity index (χ3n) is 6.75. The summed E-state index contributed by atoms with van der Waals surface area (Å²) in [5.74, 6) is 1.29. The number of β-lactam (4-membered cyclic amide) rings is 1. The van der Waals surface area contributed by atoms with Gasteiger partial charge in [-0.25, -0.2) is 4.68 Å². The van der Waals surface area contributed by atoms with E-state index in [0.717, 1.165) is 28.1 Å². The summed E-state index contributed by atoms with van der Waals surface area (Å²) in [6, 6.07) is 35.1. The van der Waals surface area contributed by atoms with Crippen LogP contribution in [0.5, 0.6) is 11.5 Å². The lowest BCUT2D eigenvalue weighted by Gasteiger charge is -2.46. The number of hydrogen-bond donors (Lipinski definition) is 0. The van der Waals surface area contributed by atoms with Crippen molar-refractivity contribution >= 4 is 11.6 Å². The maximum absolute atomic E-state index is 13.3. The van der Waals surface area contributed by atoms with Gasteiger partial charge in [0.05, 0.1) is 12.7 Å². The summed E-state index contributed by atoms with van der Waals surface area (Å²) < 4.78 is 13.9. The Morgan fingerprint density at radius 3 is 2.21 bits per heavy atom. The quantitative estimate of drug-likeness (QED) is 0.233. The first-order valence-electron chi connectivity index (χ1n) is 12.9. The first-order chi connectivity index (χ1) is 19.1. The fraction of sp³-hybridized carbons (Fsp3) is 0.156. The van der Waals surface area contributed by atoms with Gasteiger partial charge in [0.1, 0.15) is 29.8 Å². The molecule has 2 atom stereocenters. The Labute approximate surface area is 227 Å². The summed E-state index contributed by atoms with van der Waals surface area (Å²) in [4.78, 5) is 15.1. The topological polar surface area (TPSA) is 69.5 Å². The minimum Gasteiger partial charge on any atom is -0.487 e. The summed E-state index contributed by atoms with van der Waals surface area (Å²) in [5.41, 5.74) is 4.89. The molecule has 0 aliphatic carbocycles. The molecular weight excluding hydrogens is 488 g/mol. The standard InChI is InChI=1S/C32H28N4O3/c1-23-12-14-25(15-13-23)30-31(39-29-10-6-3-7-11-29)32(37)36(30)27-16-18-28(19-17-27)38-22-26-21-35(34-33-26)20-24-8-4-2-5-9-24/h2-19,21,30-31H,20,22H2,1H3. The number of benzene rings is 4. The first-order valence-corrected chi connectivity index (χ1v) is 12.9. The van der Waals surface area contributed by atoms with Gasteiger partial charge in [0.2, 0.25) is 6.10 Å². The van der Waals surface area contributed by atoms with Gasteiger partial charge in [-0.05, 0) is 54.4 Å². The SMILES string of the molecule is Cc1ccc(C2C(Oc3ccccc3)C(=O)N2c2ccc(OCc3cn(Cc4ccccc4)nn3)cc2)cc1. The Kier molecular flexibility index (Phi) is 6.78. The molecule has 6 rings (SSSR count). The maximum atomic E-state index is 13.3. The number of anilines is 1. The van der Waals surface area contributed by atoms with Crippen LogP contribution in [0.1, 0.15) is 28.4 Å². The molecule has 7 nitrogen and oxygen atoms in total. The highest BCUT2D eigenvalue weighted by Crippen LogP contribution is 2.41. The molecule has 194 valence electrons. The van der Waals surface area contributed by atoms with E-state index in [4.69, 9.17) is 9.47 Å². The van der Waals surface area contributed by atoms with Gasteiger partial charge in [0.25, 0.3) is 5.91 Å². The van der Waals surface area contributed by atoms with Crippen LogP contribution >= 0.6 is 0 Å². The zero-order chi connectivity index (χ0) is 26.6. The van der Waals surface area contributed by atoms with Crippen molar-refractivity contribution in [3.63, 3.8) is 0 Å². The van der Waals surface area contributed by atoms with Crippen LogP contribution in [0.25, 0.3) is 0 Å². The predicted molar refractivity (Wildman–Crippen MR) is 149 cm³/mol. The summed E-state index contributed by atoms with van der Waals surface area (Å²) in [5, 5.41) is 8.42. The van der Waals surface area contributed by atoms with Gasteiger partial charge in [0, 0.05) is 5.69 Å². The van der Waals surface area contributed by atoms with Crippen LogP contribution in [0.15, 0.2) is 115 Å². The second kappa shape index (κ2) is 10.8. The van der Waals surface area contributed by atoms with Crippen molar-refractivity contribution in [3.8, 4) is 11.5 Å². The van der Waals surface area contributed by atoms with E-state index in [1.807, 2.05) is 85.9 Å². The van der Waals surface area contributed by atoms with Crippen LogP contribution in [-0.4, -0.2) is 27.0 Å². The van der Waals surface area contributed by atoms with Crippen molar-refractivity contribution in [2.45, 2.75) is 32.2 Å². The zero-order valence-electron chi connectivity index (χ0n) is 21.6. The Hall–Kier alpha value is -4.91. The lowest BCUT2D eigenvalue weighted by molar-refractivity contribution is -0.135. The van der Waals surface area contributed by atoms with Gasteiger partial charge >= 0.3 is 0 Å². The van der Waals surface area contributed by atoms with Crippen molar-refractivity contribution < 1.29 is 14.3 Å². The Balaban J connectivity index is 1.14. The number of aromatic nitrogens is 3. The van der Waals surface area contributed by atoms with Gasteiger partial charge in [-0.1, -0.05) is 83.6 Å². The molecule has 39 heavy (non-hydrogen) atoms. The Bertz CT molecular complexity index is 1530. The van der Waals surface area contributed by atoms with E-state index in [2.05, 4.69) is 46.7 Å². The largest absolute Gasteiger partial charge is 0.487 e. The summed E-state index contributed by atoms with van der Waals surface area (Å²) in [7, 11) is 0. The van der Waals surface area contributed by atoms with Gasteiger partial charge < -0.3 is 9.47 Å². The molecule has 1 fully saturated rings. The van der Waals surface area contributed by atoms with Crippen molar-refractivity contribution in [2.24, 2.45) is 0 Å².